The molecule has 0 radical (unpaired) electrons. The first-order valence-corrected chi connectivity index (χ1v) is 7.96. The lowest BCUT2D eigenvalue weighted by atomic mass is 10.3. The van der Waals surface area contributed by atoms with E-state index in [9.17, 15) is 14.4 Å². The Kier molecular flexibility index (Phi) is 6.83. The van der Waals surface area contributed by atoms with E-state index < -0.39 is 5.97 Å². The summed E-state index contributed by atoms with van der Waals surface area (Å²) >= 11 is 4.57. The molecule has 0 aromatic carbocycles. The summed E-state index contributed by atoms with van der Waals surface area (Å²) in [5.41, 5.74) is 0. The minimum absolute atomic E-state index is 0.137. The molecular weight excluding hydrogens is 360 g/mol. The average molecular weight is 377 g/mol. The largest absolute Gasteiger partial charge is 0.480 e. The van der Waals surface area contributed by atoms with Crippen LogP contribution < -0.4 is 0 Å². The van der Waals surface area contributed by atoms with Gasteiger partial charge in [0.2, 0.25) is 5.91 Å². The molecule has 2 amide bonds. The molecule has 1 rings (SSSR count). The van der Waals surface area contributed by atoms with E-state index in [1.165, 1.54) is 28.2 Å². The fraction of sp³-hybridized carbons (Fsp3) is 0.462. The van der Waals surface area contributed by atoms with Gasteiger partial charge in [0.25, 0.3) is 5.91 Å². The second-order valence-electron chi connectivity index (χ2n) is 4.47. The zero-order valence-electron chi connectivity index (χ0n) is 11.8. The minimum Gasteiger partial charge on any atom is -0.480 e. The van der Waals surface area contributed by atoms with Crippen LogP contribution in [-0.4, -0.2) is 59.4 Å². The molecule has 0 fully saturated rings. The predicted octanol–water partition coefficient (Wildman–Crippen LogP) is 1.91. The molecule has 0 aliphatic rings. The number of carboxylic acids is 1. The van der Waals surface area contributed by atoms with Gasteiger partial charge in [0.1, 0.15) is 6.54 Å². The highest BCUT2D eigenvalue weighted by Crippen LogP contribution is 2.23. The number of amides is 2. The van der Waals surface area contributed by atoms with E-state index in [2.05, 4.69) is 15.9 Å². The molecule has 0 saturated carbocycles. The van der Waals surface area contributed by atoms with Crippen LogP contribution in [0.5, 0.6) is 0 Å². The predicted molar refractivity (Wildman–Crippen MR) is 83.5 cm³/mol. The van der Waals surface area contributed by atoms with Gasteiger partial charge in [-0.15, -0.1) is 11.3 Å². The van der Waals surface area contributed by atoms with Crippen molar-refractivity contribution >= 4 is 45.1 Å². The Morgan fingerprint density at radius 1 is 1.29 bits per heavy atom. The average Bonchev–Trinajstić information content (AvgIpc) is 2.83. The lowest BCUT2D eigenvalue weighted by Gasteiger charge is -2.23. The Morgan fingerprint density at radius 3 is 2.43 bits per heavy atom. The lowest BCUT2D eigenvalue weighted by molar-refractivity contribution is -0.144. The molecule has 0 aliphatic heterocycles. The summed E-state index contributed by atoms with van der Waals surface area (Å²) < 4.78 is 0.837. The van der Waals surface area contributed by atoms with Crippen LogP contribution in [0.4, 0.5) is 0 Å². The Labute approximate surface area is 135 Å². The third-order valence-corrected chi connectivity index (χ3v) is 4.29. The van der Waals surface area contributed by atoms with Gasteiger partial charge in [-0.05, 0) is 34.5 Å². The van der Waals surface area contributed by atoms with Crippen molar-refractivity contribution in [3.8, 4) is 0 Å². The summed E-state index contributed by atoms with van der Waals surface area (Å²) in [4.78, 5) is 38.0. The topological polar surface area (TPSA) is 77.9 Å². The third kappa shape index (κ3) is 5.47. The molecule has 0 bridgehead atoms. The van der Waals surface area contributed by atoms with Gasteiger partial charge in [0, 0.05) is 13.6 Å². The van der Waals surface area contributed by atoms with Gasteiger partial charge in [-0.3, -0.25) is 14.4 Å². The van der Waals surface area contributed by atoms with Crippen LogP contribution in [0, 0.1) is 0 Å². The summed E-state index contributed by atoms with van der Waals surface area (Å²) in [6, 6.07) is 3.44. The highest BCUT2D eigenvalue weighted by molar-refractivity contribution is 9.11. The van der Waals surface area contributed by atoms with Gasteiger partial charge in [-0.25, -0.2) is 0 Å². The number of carbonyl (C=O) groups excluding carboxylic acids is 2. The molecule has 0 unspecified atom stereocenters. The van der Waals surface area contributed by atoms with E-state index in [1.54, 1.807) is 12.1 Å². The number of hydrogen-bond acceptors (Lipinski definition) is 4. The molecule has 0 spiro atoms. The molecule has 1 heterocycles. The van der Waals surface area contributed by atoms with Crippen LogP contribution in [0.3, 0.4) is 0 Å². The van der Waals surface area contributed by atoms with Gasteiger partial charge >= 0.3 is 5.97 Å². The molecular formula is C13H17BrN2O4S. The number of carbonyl (C=O) groups is 3. The fourth-order valence-electron chi connectivity index (χ4n) is 1.72. The van der Waals surface area contributed by atoms with E-state index in [0.717, 1.165) is 3.79 Å². The molecule has 8 heteroatoms. The smallest absolute Gasteiger partial charge is 0.323 e. The van der Waals surface area contributed by atoms with Crippen molar-refractivity contribution in [3.05, 3.63) is 20.8 Å². The standard InChI is InChI=1S/C13H17BrN2O4S/c1-3-6-16(8-12(18)19)11(17)7-15(2)13(20)9-4-5-10(14)21-9/h4-5H,3,6-8H2,1-2H3,(H,18,19). The van der Waals surface area contributed by atoms with Gasteiger partial charge in [0.05, 0.1) is 15.2 Å². The number of nitrogens with zero attached hydrogens (tertiary/aromatic N) is 2. The maximum Gasteiger partial charge on any atom is 0.323 e. The van der Waals surface area contributed by atoms with Crippen molar-refractivity contribution in [2.24, 2.45) is 0 Å². The lowest BCUT2D eigenvalue weighted by Crippen LogP contribution is -2.43. The molecule has 1 aromatic rings. The van der Waals surface area contributed by atoms with Crippen LogP contribution in [0.25, 0.3) is 0 Å². The quantitative estimate of drug-likeness (QED) is 0.788. The highest BCUT2D eigenvalue weighted by atomic mass is 79.9. The number of rotatable bonds is 7. The van der Waals surface area contributed by atoms with Crippen molar-refractivity contribution in [1.82, 2.24) is 9.80 Å². The Morgan fingerprint density at radius 2 is 1.95 bits per heavy atom. The van der Waals surface area contributed by atoms with Gasteiger partial charge < -0.3 is 14.9 Å². The van der Waals surface area contributed by atoms with E-state index >= 15 is 0 Å². The molecule has 6 nitrogen and oxygen atoms in total. The zero-order chi connectivity index (χ0) is 16.0. The molecule has 21 heavy (non-hydrogen) atoms. The Bertz CT molecular complexity index is 532. The van der Waals surface area contributed by atoms with Crippen LogP contribution in [-0.2, 0) is 9.59 Å². The molecule has 1 aromatic heterocycles. The van der Waals surface area contributed by atoms with E-state index in [4.69, 9.17) is 5.11 Å². The number of halogens is 1. The van der Waals surface area contributed by atoms with Gasteiger partial charge in [-0.1, -0.05) is 6.92 Å². The van der Waals surface area contributed by atoms with Crippen LogP contribution in [0.15, 0.2) is 15.9 Å². The first-order valence-electron chi connectivity index (χ1n) is 6.35. The SMILES string of the molecule is CCCN(CC(=O)O)C(=O)CN(C)C(=O)c1ccc(Br)s1. The molecule has 116 valence electrons. The molecule has 0 saturated heterocycles. The zero-order valence-corrected chi connectivity index (χ0v) is 14.2. The van der Waals surface area contributed by atoms with Crippen molar-refractivity contribution in [3.63, 3.8) is 0 Å². The third-order valence-electron chi connectivity index (χ3n) is 2.68. The monoisotopic (exact) mass is 376 g/mol. The number of thiophene rings is 1. The van der Waals surface area contributed by atoms with Crippen LogP contribution >= 0.6 is 27.3 Å². The van der Waals surface area contributed by atoms with Gasteiger partial charge in [-0.2, -0.15) is 0 Å². The Hall–Kier alpha value is -1.41. The maximum atomic E-state index is 12.1. The first kappa shape index (κ1) is 17.6. The molecule has 0 atom stereocenters. The number of carboxylic acid groups (broad SMARTS) is 1. The summed E-state index contributed by atoms with van der Waals surface area (Å²) in [6.07, 6.45) is 0.661. The molecule has 0 aliphatic carbocycles. The van der Waals surface area contributed by atoms with E-state index in [1.807, 2.05) is 6.92 Å². The van der Waals surface area contributed by atoms with E-state index in [-0.39, 0.29) is 24.9 Å². The van der Waals surface area contributed by atoms with E-state index in [0.29, 0.717) is 17.8 Å². The van der Waals surface area contributed by atoms with Crippen molar-refractivity contribution in [2.75, 3.05) is 26.7 Å². The van der Waals surface area contributed by atoms with Crippen molar-refractivity contribution in [1.29, 1.82) is 0 Å². The van der Waals surface area contributed by atoms with Crippen LogP contribution in [0.1, 0.15) is 23.0 Å². The first-order chi connectivity index (χ1) is 9.85. The number of hydrogen-bond donors (Lipinski definition) is 1. The van der Waals surface area contributed by atoms with Crippen molar-refractivity contribution < 1.29 is 19.5 Å². The van der Waals surface area contributed by atoms with Crippen molar-refractivity contribution in [2.45, 2.75) is 13.3 Å². The normalized spacial score (nSPS) is 10.2. The maximum absolute atomic E-state index is 12.1. The summed E-state index contributed by atoms with van der Waals surface area (Å²) in [6.45, 7) is 1.73. The molecule has 1 N–H and O–H groups in total. The number of aliphatic carboxylic acids is 1. The second kappa shape index (κ2) is 8.14. The summed E-state index contributed by atoms with van der Waals surface area (Å²) in [7, 11) is 1.53. The van der Waals surface area contributed by atoms with Crippen LogP contribution in [0.2, 0.25) is 0 Å². The summed E-state index contributed by atoms with van der Waals surface area (Å²) in [5.74, 6) is -1.69. The number of likely N-dealkylation sites (N-methyl/N-ethyl adjacent to an activating group) is 1. The fourth-order valence-corrected chi connectivity index (χ4v) is 3.10. The highest BCUT2D eigenvalue weighted by Gasteiger charge is 2.21. The second-order valence-corrected chi connectivity index (χ2v) is 6.94. The minimum atomic E-state index is -1.06. The van der Waals surface area contributed by atoms with Gasteiger partial charge in [0.15, 0.2) is 0 Å². The Balaban J connectivity index is 2.66. The summed E-state index contributed by atoms with van der Waals surface area (Å²) in [5, 5.41) is 8.81.